The lowest BCUT2D eigenvalue weighted by molar-refractivity contribution is -0.121. The van der Waals surface area contributed by atoms with Crippen LogP contribution >= 0.6 is 0 Å². The highest BCUT2D eigenvalue weighted by atomic mass is 16.1. The summed E-state index contributed by atoms with van der Waals surface area (Å²) in [5.41, 5.74) is 6.67. The van der Waals surface area contributed by atoms with Crippen LogP contribution in [0.4, 0.5) is 0 Å². The van der Waals surface area contributed by atoms with Gasteiger partial charge in [-0.2, -0.15) is 0 Å². The van der Waals surface area contributed by atoms with Gasteiger partial charge in [0.15, 0.2) is 0 Å². The summed E-state index contributed by atoms with van der Waals surface area (Å²) in [4.78, 5) is 15.4. The van der Waals surface area contributed by atoms with Gasteiger partial charge < -0.3 is 11.1 Å². The summed E-state index contributed by atoms with van der Waals surface area (Å²) in [6.45, 7) is 2.59. The van der Waals surface area contributed by atoms with E-state index in [1.54, 1.807) is 12.4 Å². The Morgan fingerprint density at radius 1 is 1.62 bits per heavy atom. The van der Waals surface area contributed by atoms with E-state index < -0.39 is 0 Å². The van der Waals surface area contributed by atoms with Gasteiger partial charge in [0.2, 0.25) is 5.91 Å². The zero-order chi connectivity index (χ0) is 11.8. The normalized spacial score (nSPS) is 12.1. The fourth-order valence-corrected chi connectivity index (χ4v) is 1.33. The number of rotatable bonds is 6. The molecule has 1 amide bonds. The average molecular weight is 221 g/mol. The van der Waals surface area contributed by atoms with E-state index in [0.717, 1.165) is 18.4 Å². The third-order valence-corrected chi connectivity index (χ3v) is 2.29. The SMILES string of the molecule is CC(N)CCNC(=O)CCc1cccnc1. The molecule has 4 nitrogen and oxygen atoms in total. The minimum absolute atomic E-state index is 0.0736. The fraction of sp³-hybridized carbons (Fsp3) is 0.500. The first kappa shape index (κ1) is 12.6. The Kier molecular flexibility index (Phi) is 5.50. The minimum atomic E-state index is 0.0736. The molecule has 1 aromatic heterocycles. The average Bonchev–Trinajstić information content (AvgIpc) is 2.27. The van der Waals surface area contributed by atoms with Crippen LogP contribution in [0.1, 0.15) is 25.3 Å². The molecular weight excluding hydrogens is 202 g/mol. The van der Waals surface area contributed by atoms with E-state index in [1.807, 2.05) is 19.1 Å². The maximum absolute atomic E-state index is 11.4. The van der Waals surface area contributed by atoms with Gasteiger partial charge in [-0.05, 0) is 31.4 Å². The first-order valence-electron chi connectivity index (χ1n) is 5.59. The molecule has 1 atom stereocenters. The quantitative estimate of drug-likeness (QED) is 0.749. The molecule has 3 N–H and O–H groups in total. The number of pyridine rings is 1. The van der Waals surface area contributed by atoms with Crippen LogP contribution in [0.25, 0.3) is 0 Å². The molecule has 0 aliphatic rings. The molecule has 88 valence electrons. The van der Waals surface area contributed by atoms with Crippen LogP contribution in [-0.4, -0.2) is 23.5 Å². The highest BCUT2D eigenvalue weighted by Crippen LogP contribution is 1.99. The Balaban J connectivity index is 2.16. The highest BCUT2D eigenvalue weighted by Gasteiger charge is 2.02. The van der Waals surface area contributed by atoms with Gasteiger partial charge in [0.05, 0.1) is 0 Å². The van der Waals surface area contributed by atoms with Crippen molar-refractivity contribution in [3.8, 4) is 0 Å². The van der Waals surface area contributed by atoms with Crippen LogP contribution in [0, 0.1) is 0 Å². The van der Waals surface area contributed by atoms with Crippen molar-refractivity contribution in [3.63, 3.8) is 0 Å². The Labute approximate surface area is 96.3 Å². The summed E-state index contributed by atoms with van der Waals surface area (Å²) in [5.74, 6) is 0.0736. The molecule has 0 aromatic carbocycles. The van der Waals surface area contributed by atoms with Crippen molar-refractivity contribution in [2.24, 2.45) is 5.73 Å². The highest BCUT2D eigenvalue weighted by molar-refractivity contribution is 5.76. The lowest BCUT2D eigenvalue weighted by Crippen LogP contribution is -2.29. The van der Waals surface area contributed by atoms with E-state index in [1.165, 1.54) is 0 Å². The lowest BCUT2D eigenvalue weighted by Gasteiger charge is -2.07. The number of nitrogens with two attached hydrogens (primary N) is 1. The van der Waals surface area contributed by atoms with E-state index in [9.17, 15) is 4.79 Å². The topological polar surface area (TPSA) is 68.0 Å². The Morgan fingerprint density at radius 2 is 2.44 bits per heavy atom. The number of hydrogen-bond donors (Lipinski definition) is 2. The zero-order valence-electron chi connectivity index (χ0n) is 9.65. The van der Waals surface area contributed by atoms with Gasteiger partial charge in [-0.25, -0.2) is 0 Å². The third-order valence-electron chi connectivity index (χ3n) is 2.29. The first-order valence-corrected chi connectivity index (χ1v) is 5.59. The second kappa shape index (κ2) is 6.95. The molecule has 1 heterocycles. The second-order valence-corrected chi connectivity index (χ2v) is 3.98. The molecule has 0 spiro atoms. The van der Waals surface area contributed by atoms with Gasteiger partial charge in [-0.15, -0.1) is 0 Å². The largest absolute Gasteiger partial charge is 0.356 e. The van der Waals surface area contributed by atoms with Crippen LogP contribution in [0.5, 0.6) is 0 Å². The van der Waals surface area contributed by atoms with Crippen molar-refractivity contribution < 1.29 is 4.79 Å². The number of amides is 1. The summed E-state index contributed by atoms with van der Waals surface area (Å²) in [6.07, 6.45) is 5.57. The van der Waals surface area contributed by atoms with Crippen LogP contribution in [0.3, 0.4) is 0 Å². The summed E-state index contributed by atoms with van der Waals surface area (Å²) < 4.78 is 0. The molecule has 0 aliphatic carbocycles. The molecule has 16 heavy (non-hydrogen) atoms. The summed E-state index contributed by atoms with van der Waals surface area (Å²) >= 11 is 0. The van der Waals surface area contributed by atoms with Crippen LogP contribution in [-0.2, 0) is 11.2 Å². The Morgan fingerprint density at radius 3 is 3.06 bits per heavy atom. The predicted octanol–water partition coefficient (Wildman–Crippen LogP) is 0.868. The van der Waals surface area contributed by atoms with Crippen molar-refractivity contribution in [3.05, 3.63) is 30.1 Å². The number of nitrogens with one attached hydrogen (secondary N) is 1. The molecule has 0 bridgehead atoms. The monoisotopic (exact) mass is 221 g/mol. The lowest BCUT2D eigenvalue weighted by atomic mass is 10.1. The molecule has 0 aliphatic heterocycles. The standard InChI is InChI=1S/C12H19N3O/c1-10(13)6-8-15-12(16)5-4-11-3-2-7-14-9-11/h2-3,7,9-10H,4-6,8,13H2,1H3,(H,15,16). The van der Waals surface area contributed by atoms with Crippen molar-refractivity contribution in [2.45, 2.75) is 32.2 Å². The van der Waals surface area contributed by atoms with Gasteiger partial charge in [-0.1, -0.05) is 6.07 Å². The smallest absolute Gasteiger partial charge is 0.220 e. The van der Waals surface area contributed by atoms with E-state index >= 15 is 0 Å². The summed E-state index contributed by atoms with van der Waals surface area (Å²) in [7, 11) is 0. The predicted molar refractivity (Wildman–Crippen MR) is 63.8 cm³/mol. The molecular formula is C12H19N3O. The maximum Gasteiger partial charge on any atom is 0.220 e. The van der Waals surface area contributed by atoms with E-state index in [4.69, 9.17) is 5.73 Å². The number of carbonyl (C=O) groups is 1. The second-order valence-electron chi connectivity index (χ2n) is 3.98. The number of hydrogen-bond acceptors (Lipinski definition) is 3. The van der Waals surface area contributed by atoms with Crippen molar-refractivity contribution in [1.82, 2.24) is 10.3 Å². The fourth-order valence-electron chi connectivity index (χ4n) is 1.33. The molecule has 0 radical (unpaired) electrons. The molecule has 4 heteroatoms. The van der Waals surface area contributed by atoms with Gasteiger partial charge >= 0.3 is 0 Å². The number of carbonyl (C=O) groups excluding carboxylic acids is 1. The summed E-state index contributed by atoms with van der Waals surface area (Å²) in [5, 5.41) is 2.84. The van der Waals surface area contributed by atoms with Crippen molar-refractivity contribution >= 4 is 5.91 Å². The molecule has 0 saturated carbocycles. The van der Waals surface area contributed by atoms with Crippen LogP contribution in [0.15, 0.2) is 24.5 Å². The first-order chi connectivity index (χ1) is 7.68. The van der Waals surface area contributed by atoms with Gasteiger partial charge in [0.25, 0.3) is 0 Å². The van der Waals surface area contributed by atoms with E-state index in [2.05, 4.69) is 10.3 Å². The van der Waals surface area contributed by atoms with E-state index in [-0.39, 0.29) is 11.9 Å². The third kappa shape index (κ3) is 5.46. The van der Waals surface area contributed by atoms with Crippen LogP contribution in [0.2, 0.25) is 0 Å². The molecule has 1 unspecified atom stereocenters. The van der Waals surface area contributed by atoms with Gasteiger partial charge in [-0.3, -0.25) is 9.78 Å². The number of nitrogens with zero attached hydrogens (tertiary/aromatic N) is 1. The van der Waals surface area contributed by atoms with Crippen molar-refractivity contribution in [2.75, 3.05) is 6.54 Å². The minimum Gasteiger partial charge on any atom is -0.356 e. The Hall–Kier alpha value is -1.42. The van der Waals surface area contributed by atoms with Crippen molar-refractivity contribution in [1.29, 1.82) is 0 Å². The molecule has 0 fully saturated rings. The van der Waals surface area contributed by atoms with Gasteiger partial charge in [0, 0.05) is 31.4 Å². The van der Waals surface area contributed by atoms with Gasteiger partial charge in [0.1, 0.15) is 0 Å². The molecule has 1 rings (SSSR count). The van der Waals surface area contributed by atoms with Crippen LogP contribution < -0.4 is 11.1 Å². The zero-order valence-corrected chi connectivity index (χ0v) is 9.65. The molecule has 1 aromatic rings. The molecule has 0 saturated heterocycles. The Bertz CT molecular complexity index is 311. The number of aromatic nitrogens is 1. The van der Waals surface area contributed by atoms with E-state index in [0.29, 0.717) is 13.0 Å². The number of aryl methyl sites for hydroxylation is 1. The summed E-state index contributed by atoms with van der Waals surface area (Å²) in [6, 6.07) is 3.99. The maximum atomic E-state index is 11.4.